The summed E-state index contributed by atoms with van der Waals surface area (Å²) >= 11 is 3.23. The maximum atomic E-state index is 14.4. The van der Waals surface area contributed by atoms with Crippen LogP contribution in [-0.4, -0.2) is 72.8 Å². The van der Waals surface area contributed by atoms with Crippen LogP contribution in [-0.2, 0) is 20.9 Å². The second-order valence-corrected chi connectivity index (χ2v) is 8.85. The molecule has 0 unspecified atom stereocenters. The van der Waals surface area contributed by atoms with Crippen LogP contribution in [0.3, 0.4) is 0 Å². The second-order valence-electron chi connectivity index (χ2n) is 8.04. The number of alkyl halides is 1. The standard InChI is InChI=1S/C23H23BrFN7O4/c1-3-36-23(35)16-8-17(14-9-26-13(2)27-10-14)32(30-16)12-21(33)31-11-15(25)7-18(31)22(34)29-20-6-4-5-19(24)28-20/h4-6,8-10,15,18H,3,7,11-12H2,1-2H3,(H,28,29,34)/t15-,18+/m1/s1. The van der Waals surface area contributed by atoms with Crippen LogP contribution < -0.4 is 5.32 Å². The first-order valence-corrected chi connectivity index (χ1v) is 12.0. The highest BCUT2D eigenvalue weighted by Crippen LogP contribution is 2.25. The largest absolute Gasteiger partial charge is 0.461 e. The zero-order valence-electron chi connectivity index (χ0n) is 19.5. The van der Waals surface area contributed by atoms with Crippen LogP contribution in [0.15, 0.2) is 41.3 Å². The molecular formula is C23H23BrFN7O4. The van der Waals surface area contributed by atoms with Gasteiger partial charge in [0.2, 0.25) is 11.8 Å². The number of rotatable bonds is 7. The number of esters is 1. The Kier molecular flexibility index (Phi) is 7.67. The fraction of sp³-hybridized carbons (Fsp3) is 0.348. The molecule has 3 aromatic rings. The zero-order chi connectivity index (χ0) is 25.8. The van der Waals surface area contributed by atoms with E-state index in [0.717, 1.165) is 0 Å². The van der Waals surface area contributed by atoms with Crippen LogP contribution in [0.2, 0.25) is 0 Å². The molecule has 0 bridgehead atoms. The molecule has 1 aliphatic rings. The van der Waals surface area contributed by atoms with Gasteiger partial charge >= 0.3 is 5.97 Å². The average Bonchev–Trinajstić information content (AvgIpc) is 3.44. The lowest BCUT2D eigenvalue weighted by Gasteiger charge is -2.23. The molecule has 0 saturated carbocycles. The van der Waals surface area contributed by atoms with Gasteiger partial charge in [-0.3, -0.25) is 14.3 Å². The molecule has 2 atom stereocenters. The molecule has 0 aliphatic carbocycles. The topological polar surface area (TPSA) is 132 Å². The summed E-state index contributed by atoms with van der Waals surface area (Å²) in [5, 5.41) is 6.86. The highest BCUT2D eigenvalue weighted by atomic mass is 79.9. The van der Waals surface area contributed by atoms with Gasteiger partial charge in [0.05, 0.1) is 18.8 Å². The fourth-order valence-electron chi connectivity index (χ4n) is 3.81. The predicted molar refractivity (Wildman–Crippen MR) is 130 cm³/mol. The number of halogens is 2. The number of carbonyl (C=O) groups excluding carboxylic acids is 3. The summed E-state index contributed by atoms with van der Waals surface area (Å²) in [4.78, 5) is 52.1. The molecule has 1 N–H and O–H groups in total. The Bertz CT molecular complexity index is 1280. The van der Waals surface area contributed by atoms with E-state index in [4.69, 9.17) is 4.74 Å². The first-order valence-electron chi connectivity index (χ1n) is 11.2. The molecule has 0 aromatic carbocycles. The molecule has 13 heteroatoms. The van der Waals surface area contributed by atoms with Crippen molar-refractivity contribution in [2.75, 3.05) is 18.5 Å². The number of aromatic nitrogens is 5. The highest BCUT2D eigenvalue weighted by molar-refractivity contribution is 9.10. The van der Waals surface area contributed by atoms with Gasteiger partial charge in [0.15, 0.2) is 5.69 Å². The summed E-state index contributed by atoms with van der Waals surface area (Å²) in [5.41, 5.74) is 0.929. The number of ether oxygens (including phenoxy) is 1. The van der Waals surface area contributed by atoms with Gasteiger partial charge in [-0.1, -0.05) is 6.07 Å². The Balaban J connectivity index is 1.57. The van der Waals surface area contributed by atoms with Gasteiger partial charge in [0.25, 0.3) is 0 Å². The number of aryl methyl sites for hydroxylation is 1. The van der Waals surface area contributed by atoms with Gasteiger partial charge in [-0.05, 0) is 48.0 Å². The molecule has 1 fully saturated rings. The first kappa shape index (κ1) is 25.4. The lowest BCUT2D eigenvalue weighted by atomic mass is 10.2. The van der Waals surface area contributed by atoms with Crippen LogP contribution in [0.1, 0.15) is 29.7 Å². The third-order valence-corrected chi connectivity index (χ3v) is 5.91. The van der Waals surface area contributed by atoms with E-state index in [9.17, 15) is 18.8 Å². The maximum absolute atomic E-state index is 14.4. The number of amides is 2. The number of nitrogens with one attached hydrogen (secondary N) is 1. The highest BCUT2D eigenvalue weighted by Gasteiger charge is 2.40. The van der Waals surface area contributed by atoms with Crippen molar-refractivity contribution in [1.29, 1.82) is 0 Å². The molecule has 4 heterocycles. The summed E-state index contributed by atoms with van der Waals surface area (Å²) < 4.78 is 21.2. The number of pyridine rings is 1. The van der Waals surface area contributed by atoms with Crippen molar-refractivity contribution < 1.29 is 23.5 Å². The summed E-state index contributed by atoms with van der Waals surface area (Å²) in [6, 6.07) is 5.43. The van der Waals surface area contributed by atoms with Crippen molar-refractivity contribution in [2.45, 2.75) is 39.0 Å². The molecule has 1 saturated heterocycles. The molecule has 11 nitrogen and oxygen atoms in total. The quantitative estimate of drug-likeness (QED) is 0.345. The van der Waals surface area contributed by atoms with E-state index in [-0.39, 0.29) is 37.6 Å². The summed E-state index contributed by atoms with van der Waals surface area (Å²) in [6.07, 6.45) is 1.59. The maximum Gasteiger partial charge on any atom is 0.358 e. The normalized spacial score (nSPS) is 17.2. The Hall–Kier alpha value is -3.74. The molecule has 0 radical (unpaired) electrons. The van der Waals surface area contributed by atoms with Crippen LogP contribution >= 0.6 is 15.9 Å². The number of carbonyl (C=O) groups is 3. The Morgan fingerprint density at radius 2 is 2.00 bits per heavy atom. The van der Waals surface area contributed by atoms with Gasteiger partial charge in [0, 0.05) is 24.4 Å². The summed E-state index contributed by atoms with van der Waals surface area (Å²) in [7, 11) is 0. The van der Waals surface area contributed by atoms with Crippen LogP contribution in [0.5, 0.6) is 0 Å². The Morgan fingerprint density at radius 1 is 1.25 bits per heavy atom. The molecule has 3 aromatic heterocycles. The minimum absolute atomic E-state index is 0.0000342. The van der Waals surface area contributed by atoms with Crippen molar-refractivity contribution in [1.82, 2.24) is 29.6 Å². The fourth-order valence-corrected chi connectivity index (χ4v) is 4.16. The summed E-state index contributed by atoms with van der Waals surface area (Å²) in [6.45, 7) is 2.97. The van der Waals surface area contributed by atoms with Gasteiger partial charge in [-0.2, -0.15) is 5.10 Å². The van der Waals surface area contributed by atoms with Crippen molar-refractivity contribution in [3.05, 3.63) is 52.8 Å². The first-order chi connectivity index (χ1) is 17.2. The van der Waals surface area contributed by atoms with Gasteiger partial charge in [0.1, 0.15) is 35.0 Å². The monoisotopic (exact) mass is 559 g/mol. The lowest BCUT2D eigenvalue weighted by molar-refractivity contribution is -0.137. The van der Waals surface area contributed by atoms with Crippen LogP contribution in [0, 0.1) is 6.92 Å². The van der Waals surface area contributed by atoms with Gasteiger partial charge < -0.3 is 15.0 Å². The van der Waals surface area contributed by atoms with Crippen LogP contribution in [0.4, 0.5) is 10.2 Å². The lowest BCUT2D eigenvalue weighted by Crippen LogP contribution is -2.44. The van der Waals surface area contributed by atoms with Crippen molar-refractivity contribution >= 4 is 39.5 Å². The third kappa shape index (κ3) is 5.73. The number of hydrogen-bond donors (Lipinski definition) is 1. The average molecular weight is 560 g/mol. The van der Waals surface area contributed by atoms with E-state index >= 15 is 0 Å². The molecule has 2 amide bonds. The van der Waals surface area contributed by atoms with Gasteiger partial charge in [-0.15, -0.1) is 0 Å². The van der Waals surface area contributed by atoms with E-state index in [1.54, 1.807) is 44.4 Å². The smallest absolute Gasteiger partial charge is 0.358 e. The number of anilines is 1. The number of nitrogens with zero attached hydrogens (tertiary/aromatic N) is 6. The predicted octanol–water partition coefficient (Wildman–Crippen LogP) is 2.56. The van der Waals surface area contributed by atoms with Crippen molar-refractivity contribution in [3.8, 4) is 11.3 Å². The van der Waals surface area contributed by atoms with Crippen LogP contribution in [0.25, 0.3) is 11.3 Å². The van der Waals surface area contributed by atoms with E-state index in [0.29, 0.717) is 21.7 Å². The third-order valence-electron chi connectivity index (χ3n) is 5.47. The second kappa shape index (κ2) is 10.9. The Labute approximate surface area is 214 Å². The SMILES string of the molecule is CCOC(=O)c1cc(-c2cnc(C)nc2)n(CC(=O)N2C[C@H](F)C[C@H]2C(=O)Nc2cccc(Br)n2)n1. The molecule has 36 heavy (non-hydrogen) atoms. The van der Waals surface area contributed by atoms with Gasteiger partial charge in [-0.25, -0.2) is 24.1 Å². The zero-order valence-corrected chi connectivity index (χ0v) is 21.1. The minimum Gasteiger partial charge on any atom is -0.461 e. The van der Waals surface area contributed by atoms with Crippen molar-refractivity contribution in [3.63, 3.8) is 0 Å². The van der Waals surface area contributed by atoms with E-state index in [2.05, 4.69) is 41.3 Å². The Morgan fingerprint density at radius 3 is 2.69 bits per heavy atom. The van der Waals surface area contributed by atoms with E-state index < -0.39 is 30.0 Å². The molecule has 0 spiro atoms. The molecule has 4 rings (SSSR count). The molecule has 1 aliphatic heterocycles. The number of likely N-dealkylation sites (tertiary alicyclic amines) is 1. The molecular weight excluding hydrogens is 537 g/mol. The molecule has 188 valence electrons. The van der Waals surface area contributed by atoms with E-state index in [1.165, 1.54) is 15.6 Å². The van der Waals surface area contributed by atoms with Crippen molar-refractivity contribution in [2.24, 2.45) is 0 Å². The van der Waals surface area contributed by atoms with E-state index in [1.807, 2.05) is 0 Å². The summed E-state index contributed by atoms with van der Waals surface area (Å²) in [5.74, 6) is -0.913. The number of hydrogen-bond acceptors (Lipinski definition) is 8. The minimum atomic E-state index is -1.36.